The highest BCUT2D eigenvalue weighted by Gasteiger charge is 2.44. The first-order valence-corrected chi connectivity index (χ1v) is 9.47. The summed E-state index contributed by atoms with van der Waals surface area (Å²) in [6.07, 6.45) is 3.42. The van der Waals surface area contributed by atoms with Gasteiger partial charge in [0.1, 0.15) is 0 Å². The smallest absolute Gasteiger partial charge is 0.191 e. The van der Waals surface area contributed by atoms with Gasteiger partial charge in [0.2, 0.25) is 0 Å². The Morgan fingerprint density at radius 3 is 2.44 bits per heavy atom. The van der Waals surface area contributed by atoms with Crippen molar-refractivity contribution in [2.75, 3.05) is 13.6 Å². The van der Waals surface area contributed by atoms with Crippen LogP contribution in [-0.2, 0) is 18.9 Å². The molecule has 2 aromatic rings. The summed E-state index contributed by atoms with van der Waals surface area (Å²) in [6.45, 7) is 7.34. The third-order valence-corrected chi connectivity index (χ3v) is 5.61. The van der Waals surface area contributed by atoms with Crippen molar-refractivity contribution >= 4 is 29.9 Å². The fourth-order valence-corrected chi connectivity index (χ4v) is 3.66. The highest BCUT2D eigenvalue weighted by molar-refractivity contribution is 14.0. The molecule has 1 aromatic carbocycles. The number of guanidine groups is 1. The van der Waals surface area contributed by atoms with Crippen LogP contribution in [0.4, 0.5) is 0 Å². The molecular weight excluding hydrogens is 449 g/mol. The third-order valence-electron chi connectivity index (χ3n) is 5.61. The summed E-state index contributed by atoms with van der Waals surface area (Å²) in [5.41, 5.74) is 5.38. The van der Waals surface area contributed by atoms with Gasteiger partial charge in [0.25, 0.3) is 0 Å². The summed E-state index contributed by atoms with van der Waals surface area (Å²) in [5, 5.41) is 11.6. The van der Waals surface area contributed by atoms with Crippen LogP contribution in [0, 0.1) is 13.8 Å². The number of hydrogen-bond acceptors (Lipinski definition) is 2. The third kappa shape index (κ3) is 5.03. The molecule has 0 bridgehead atoms. The molecule has 5 nitrogen and oxygen atoms in total. The van der Waals surface area contributed by atoms with E-state index in [2.05, 4.69) is 71.8 Å². The molecule has 1 fully saturated rings. The second kappa shape index (κ2) is 9.08. The molecular formula is C21H32IN5. The number of aryl methyl sites for hydroxylation is 2. The molecule has 0 saturated heterocycles. The van der Waals surface area contributed by atoms with E-state index in [1.807, 2.05) is 18.8 Å². The van der Waals surface area contributed by atoms with Gasteiger partial charge in [-0.2, -0.15) is 5.10 Å². The second-order valence-electron chi connectivity index (χ2n) is 7.59. The molecule has 1 aliphatic carbocycles. The summed E-state index contributed by atoms with van der Waals surface area (Å²) >= 11 is 0. The van der Waals surface area contributed by atoms with Gasteiger partial charge in [0, 0.05) is 37.8 Å². The van der Waals surface area contributed by atoms with E-state index in [-0.39, 0.29) is 35.4 Å². The van der Waals surface area contributed by atoms with Crippen LogP contribution in [0.5, 0.6) is 0 Å². The molecule has 1 saturated carbocycles. The van der Waals surface area contributed by atoms with Crippen molar-refractivity contribution in [3.05, 3.63) is 52.8 Å². The standard InChI is InChI=1S/C21H31N5.HI/c1-15(13-19-16(2)25-26(5)17(19)3)24-20(22-4)23-14-21(11-12-21)18-9-7-6-8-10-18;/h6-10,15H,11-14H2,1-5H3,(H2,22,23,24);1H. The van der Waals surface area contributed by atoms with Crippen LogP contribution >= 0.6 is 24.0 Å². The number of aromatic nitrogens is 2. The first-order chi connectivity index (χ1) is 12.4. The van der Waals surface area contributed by atoms with Gasteiger partial charge in [-0.1, -0.05) is 30.3 Å². The maximum atomic E-state index is 4.52. The average Bonchev–Trinajstić information content (AvgIpc) is 3.39. The van der Waals surface area contributed by atoms with E-state index in [0.29, 0.717) is 0 Å². The van der Waals surface area contributed by atoms with Crippen molar-refractivity contribution in [1.29, 1.82) is 0 Å². The minimum absolute atomic E-state index is 0. The van der Waals surface area contributed by atoms with Crippen molar-refractivity contribution in [3.8, 4) is 0 Å². The Kier molecular flexibility index (Phi) is 7.31. The van der Waals surface area contributed by atoms with Crippen LogP contribution < -0.4 is 10.6 Å². The van der Waals surface area contributed by atoms with Crippen molar-refractivity contribution < 1.29 is 0 Å². The fraction of sp³-hybridized carbons (Fsp3) is 0.524. The molecule has 6 heteroatoms. The van der Waals surface area contributed by atoms with Crippen molar-refractivity contribution in [2.45, 2.75) is 51.5 Å². The first kappa shape index (κ1) is 21.7. The topological polar surface area (TPSA) is 54.2 Å². The zero-order valence-electron chi connectivity index (χ0n) is 17.0. The molecule has 0 amide bonds. The number of halogens is 1. The predicted molar refractivity (Wildman–Crippen MR) is 123 cm³/mol. The van der Waals surface area contributed by atoms with Crippen LogP contribution in [0.15, 0.2) is 35.3 Å². The number of rotatable bonds is 6. The Bertz CT molecular complexity index is 777. The number of hydrogen-bond donors (Lipinski definition) is 2. The Hall–Kier alpha value is -1.57. The zero-order valence-corrected chi connectivity index (χ0v) is 19.4. The normalized spacial score (nSPS) is 16.4. The molecule has 0 spiro atoms. The summed E-state index contributed by atoms with van der Waals surface area (Å²) in [6, 6.07) is 11.1. The van der Waals surface area contributed by atoms with E-state index in [0.717, 1.165) is 24.6 Å². The molecule has 148 valence electrons. The lowest BCUT2D eigenvalue weighted by atomic mass is 9.96. The number of benzene rings is 1. The first-order valence-electron chi connectivity index (χ1n) is 9.47. The fourth-order valence-electron chi connectivity index (χ4n) is 3.66. The van der Waals surface area contributed by atoms with Crippen molar-refractivity contribution in [3.63, 3.8) is 0 Å². The van der Waals surface area contributed by atoms with E-state index in [4.69, 9.17) is 0 Å². The van der Waals surface area contributed by atoms with E-state index in [9.17, 15) is 0 Å². The second-order valence-corrected chi connectivity index (χ2v) is 7.59. The molecule has 0 radical (unpaired) electrons. The van der Waals surface area contributed by atoms with Gasteiger partial charge in [-0.25, -0.2) is 0 Å². The van der Waals surface area contributed by atoms with Crippen LogP contribution in [0.25, 0.3) is 0 Å². The Morgan fingerprint density at radius 2 is 1.93 bits per heavy atom. The van der Waals surface area contributed by atoms with Crippen LogP contribution in [0.2, 0.25) is 0 Å². The van der Waals surface area contributed by atoms with Crippen molar-refractivity contribution in [1.82, 2.24) is 20.4 Å². The summed E-state index contributed by atoms with van der Waals surface area (Å²) in [4.78, 5) is 4.42. The largest absolute Gasteiger partial charge is 0.356 e. The maximum absolute atomic E-state index is 4.52. The number of nitrogens with zero attached hydrogens (tertiary/aromatic N) is 3. The van der Waals surface area contributed by atoms with Gasteiger partial charge >= 0.3 is 0 Å². The van der Waals surface area contributed by atoms with Gasteiger partial charge in [-0.05, 0) is 51.2 Å². The molecule has 1 unspecified atom stereocenters. The summed E-state index contributed by atoms with van der Waals surface area (Å²) < 4.78 is 1.96. The molecule has 1 aromatic heterocycles. The Morgan fingerprint density at radius 1 is 1.26 bits per heavy atom. The summed E-state index contributed by atoms with van der Waals surface area (Å²) in [5.74, 6) is 0.874. The molecule has 1 heterocycles. The molecule has 2 N–H and O–H groups in total. The van der Waals surface area contributed by atoms with Gasteiger partial charge in [0.05, 0.1) is 5.69 Å². The Balaban J connectivity index is 0.00000261. The van der Waals surface area contributed by atoms with Gasteiger partial charge in [0.15, 0.2) is 5.96 Å². The number of aliphatic imine (C=N–C) groups is 1. The van der Waals surface area contributed by atoms with Crippen LogP contribution in [0.1, 0.15) is 42.3 Å². The van der Waals surface area contributed by atoms with Crippen LogP contribution in [0.3, 0.4) is 0 Å². The predicted octanol–water partition coefficient (Wildman–Crippen LogP) is 3.48. The minimum atomic E-state index is 0. The summed E-state index contributed by atoms with van der Waals surface area (Å²) in [7, 11) is 3.84. The molecule has 1 atom stereocenters. The van der Waals surface area contributed by atoms with Gasteiger partial charge in [-0.3, -0.25) is 9.67 Å². The minimum Gasteiger partial charge on any atom is -0.356 e. The number of nitrogens with one attached hydrogen (secondary N) is 2. The lowest BCUT2D eigenvalue weighted by molar-refractivity contribution is 0.607. The SMILES string of the molecule is CN=C(NCC1(c2ccccc2)CC1)NC(C)Cc1c(C)nn(C)c1C.I. The Labute approximate surface area is 180 Å². The van der Waals surface area contributed by atoms with E-state index >= 15 is 0 Å². The lowest BCUT2D eigenvalue weighted by Crippen LogP contribution is -2.45. The van der Waals surface area contributed by atoms with Crippen LogP contribution in [-0.4, -0.2) is 35.4 Å². The van der Waals surface area contributed by atoms with Gasteiger partial charge < -0.3 is 10.6 Å². The highest BCUT2D eigenvalue weighted by Crippen LogP contribution is 2.47. The van der Waals surface area contributed by atoms with Gasteiger partial charge in [-0.15, -0.1) is 24.0 Å². The quantitative estimate of drug-likeness (QED) is 0.378. The monoisotopic (exact) mass is 481 g/mol. The molecule has 0 aliphatic heterocycles. The highest BCUT2D eigenvalue weighted by atomic mass is 127. The maximum Gasteiger partial charge on any atom is 0.191 e. The van der Waals surface area contributed by atoms with Crippen molar-refractivity contribution in [2.24, 2.45) is 12.0 Å². The molecule has 3 rings (SSSR count). The zero-order chi connectivity index (χ0) is 18.7. The molecule has 1 aliphatic rings. The lowest BCUT2D eigenvalue weighted by Gasteiger charge is -2.22. The van der Waals surface area contributed by atoms with E-state index < -0.39 is 0 Å². The average molecular weight is 481 g/mol. The molecule has 27 heavy (non-hydrogen) atoms. The van der Waals surface area contributed by atoms with E-state index in [1.54, 1.807) is 0 Å². The van der Waals surface area contributed by atoms with E-state index in [1.165, 1.54) is 29.7 Å².